The fourth-order valence-corrected chi connectivity index (χ4v) is 2.78. The summed E-state index contributed by atoms with van der Waals surface area (Å²) in [5, 5.41) is 7.33. The van der Waals surface area contributed by atoms with Crippen LogP contribution in [0.1, 0.15) is 5.69 Å². The van der Waals surface area contributed by atoms with Crippen LogP contribution < -0.4 is 5.32 Å². The third-order valence-electron chi connectivity index (χ3n) is 2.16. The van der Waals surface area contributed by atoms with Gasteiger partial charge in [-0.15, -0.1) is 22.7 Å². The monoisotopic (exact) mass is 248 g/mol. The molecule has 0 aromatic carbocycles. The lowest BCUT2D eigenvalue weighted by Gasteiger charge is -2.03. The largest absolute Gasteiger partial charge is 0.363 e. The quantitative estimate of drug-likeness (QED) is 0.774. The summed E-state index contributed by atoms with van der Waals surface area (Å²) < 4.78 is 1.10. The Morgan fingerprint density at radius 3 is 3.12 bits per heavy atom. The number of nitrogens with zero attached hydrogens (tertiary/aromatic N) is 3. The minimum absolute atomic E-state index is 0.702. The molecule has 0 unspecified atom stereocenters. The van der Waals surface area contributed by atoms with Crippen molar-refractivity contribution < 1.29 is 0 Å². The van der Waals surface area contributed by atoms with Gasteiger partial charge in [0.2, 0.25) is 0 Å². The Hall–Kier alpha value is -1.53. The van der Waals surface area contributed by atoms with Crippen LogP contribution >= 0.6 is 22.7 Å². The van der Waals surface area contributed by atoms with E-state index in [0.29, 0.717) is 6.54 Å². The van der Waals surface area contributed by atoms with E-state index in [-0.39, 0.29) is 0 Å². The Bertz CT molecular complexity index is 588. The normalized spacial score (nSPS) is 10.8. The molecule has 1 N–H and O–H groups in total. The summed E-state index contributed by atoms with van der Waals surface area (Å²) in [6.07, 6.45) is 1.58. The lowest BCUT2D eigenvalue weighted by Crippen LogP contribution is -2.01. The van der Waals surface area contributed by atoms with Gasteiger partial charge >= 0.3 is 0 Å². The van der Waals surface area contributed by atoms with Gasteiger partial charge in [-0.05, 0) is 11.4 Å². The first-order valence-electron chi connectivity index (χ1n) is 4.72. The number of fused-ring (bicyclic) bond motifs is 1. The second-order valence-corrected chi connectivity index (χ2v) is 4.83. The fraction of sp³-hybridized carbons (Fsp3) is 0.100. The summed E-state index contributed by atoms with van der Waals surface area (Å²) in [6.45, 7) is 0.702. The van der Waals surface area contributed by atoms with Crippen LogP contribution in [0.5, 0.6) is 0 Å². The van der Waals surface area contributed by atoms with Crippen LogP contribution in [0.2, 0.25) is 0 Å². The van der Waals surface area contributed by atoms with Crippen molar-refractivity contribution in [1.82, 2.24) is 15.0 Å². The van der Waals surface area contributed by atoms with E-state index in [1.54, 1.807) is 29.0 Å². The lowest BCUT2D eigenvalue weighted by atomic mass is 10.4. The van der Waals surface area contributed by atoms with Crippen LogP contribution in [0.3, 0.4) is 0 Å². The number of nitrogens with one attached hydrogen (secondary N) is 1. The fourth-order valence-electron chi connectivity index (χ4n) is 1.41. The van der Waals surface area contributed by atoms with E-state index in [4.69, 9.17) is 0 Å². The molecule has 0 aliphatic heterocycles. The molecule has 3 rings (SSSR count). The summed E-state index contributed by atoms with van der Waals surface area (Å²) >= 11 is 3.24. The highest BCUT2D eigenvalue weighted by atomic mass is 32.1. The Kier molecular flexibility index (Phi) is 2.51. The lowest BCUT2D eigenvalue weighted by molar-refractivity contribution is 1.05. The Morgan fingerprint density at radius 1 is 1.25 bits per heavy atom. The van der Waals surface area contributed by atoms with Gasteiger partial charge in [0.25, 0.3) is 0 Å². The maximum atomic E-state index is 4.24. The van der Waals surface area contributed by atoms with E-state index < -0.39 is 0 Å². The predicted molar refractivity (Wildman–Crippen MR) is 66.9 cm³/mol. The van der Waals surface area contributed by atoms with Crippen molar-refractivity contribution in [1.29, 1.82) is 0 Å². The van der Waals surface area contributed by atoms with E-state index in [0.717, 1.165) is 21.7 Å². The Labute approximate surface area is 100 Å². The topological polar surface area (TPSA) is 50.7 Å². The molecule has 80 valence electrons. The molecule has 0 aliphatic rings. The molecule has 0 saturated carbocycles. The van der Waals surface area contributed by atoms with Gasteiger partial charge in [0.05, 0.1) is 28.0 Å². The molecule has 6 heteroatoms. The van der Waals surface area contributed by atoms with Crippen molar-refractivity contribution in [2.75, 3.05) is 5.32 Å². The van der Waals surface area contributed by atoms with Gasteiger partial charge in [-0.25, -0.2) is 15.0 Å². The van der Waals surface area contributed by atoms with Crippen molar-refractivity contribution in [3.8, 4) is 0 Å². The number of anilines is 1. The molecule has 0 bridgehead atoms. The first kappa shape index (κ1) is 9.68. The molecule has 0 atom stereocenters. The molecule has 0 saturated heterocycles. The zero-order valence-corrected chi connectivity index (χ0v) is 9.88. The average molecular weight is 248 g/mol. The Morgan fingerprint density at radius 2 is 2.25 bits per heavy atom. The van der Waals surface area contributed by atoms with Crippen LogP contribution in [-0.4, -0.2) is 15.0 Å². The third-order valence-corrected chi connectivity index (χ3v) is 3.71. The molecule has 3 aromatic rings. The van der Waals surface area contributed by atoms with Crippen molar-refractivity contribution in [2.45, 2.75) is 6.54 Å². The average Bonchev–Trinajstić information content (AvgIpc) is 2.97. The molecular weight excluding hydrogens is 240 g/mol. The highest BCUT2D eigenvalue weighted by molar-refractivity contribution is 7.17. The van der Waals surface area contributed by atoms with Gasteiger partial charge in [0.1, 0.15) is 12.1 Å². The smallest absolute Gasteiger partial charge is 0.147 e. The maximum Gasteiger partial charge on any atom is 0.147 e. The van der Waals surface area contributed by atoms with Crippen LogP contribution in [0, 0.1) is 0 Å². The van der Waals surface area contributed by atoms with E-state index in [2.05, 4.69) is 20.3 Å². The number of thiazole rings is 1. The molecule has 0 fully saturated rings. The van der Waals surface area contributed by atoms with Crippen molar-refractivity contribution in [2.24, 2.45) is 0 Å². The zero-order valence-electron chi connectivity index (χ0n) is 8.25. The second-order valence-electron chi connectivity index (χ2n) is 3.19. The van der Waals surface area contributed by atoms with E-state index in [1.807, 2.05) is 22.3 Å². The predicted octanol–water partition coefficient (Wildman–Crippen LogP) is 2.76. The number of hydrogen-bond acceptors (Lipinski definition) is 6. The number of hydrogen-bond donors (Lipinski definition) is 1. The van der Waals surface area contributed by atoms with E-state index in [1.165, 1.54) is 0 Å². The molecule has 3 heterocycles. The van der Waals surface area contributed by atoms with Gasteiger partial charge in [0.15, 0.2) is 0 Å². The number of rotatable bonds is 3. The van der Waals surface area contributed by atoms with Gasteiger partial charge in [-0.1, -0.05) is 0 Å². The molecule has 16 heavy (non-hydrogen) atoms. The van der Waals surface area contributed by atoms with Gasteiger partial charge in [-0.3, -0.25) is 0 Å². The molecule has 0 radical (unpaired) electrons. The van der Waals surface area contributed by atoms with Crippen LogP contribution in [-0.2, 0) is 6.54 Å². The minimum atomic E-state index is 0.702. The summed E-state index contributed by atoms with van der Waals surface area (Å²) in [6, 6.07) is 2.00. The van der Waals surface area contributed by atoms with Crippen molar-refractivity contribution >= 4 is 38.7 Å². The first-order chi connectivity index (χ1) is 7.93. The van der Waals surface area contributed by atoms with E-state index in [9.17, 15) is 0 Å². The SMILES string of the molecule is c1nc(NCc2cscn2)c2sccc2n1. The summed E-state index contributed by atoms with van der Waals surface area (Å²) in [4.78, 5) is 12.6. The Balaban J connectivity index is 1.86. The molecular formula is C10H8N4S2. The van der Waals surface area contributed by atoms with E-state index >= 15 is 0 Å². The maximum absolute atomic E-state index is 4.24. The highest BCUT2D eigenvalue weighted by Crippen LogP contribution is 2.24. The van der Waals surface area contributed by atoms with Crippen molar-refractivity contribution in [3.05, 3.63) is 34.4 Å². The van der Waals surface area contributed by atoms with Crippen LogP contribution in [0.25, 0.3) is 10.2 Å². The molecule has 0 aliphatic carbocycles. The number of aromatic nitrogens is 3. The summed E-state index contributed by atoms with van der Waals surface area (Å²) in [5.74, 6) is 0.882. The van der Waals surface area contributed by atoms with Gasteiger partial charge in [-0.2, -0.15) is 0 Å². The summed E-state index contributed by atoms with van der Waals surface area (Å²) in [7, 11) is 0. The van der Waals surface area contributed by atoms with Crippen LogP contribution in [0.15, 0.2) is 28.7 Å². The third kappa shape index (κ3) is 1.77. The summed E-state index contributed by atoms with van der Waals surface area (Å²) in [5.41, 5.74) is 3.85. The molecule has 0 amide bonds. The highest BCUT2D eigenvalue weighted by Gasteiger charge is 2.04. The molecule has 4 nitrogen and oxygen atoms in total. The molecule has 0 spiro atoms. The molecule has 3 aromatic heterocycles. The standard InChI is InChI=1S/C10H8N4S2/c1-2-16-9-8(1)12-5-13-10(9)11-3-7-4-15-6-14-7/h1-2,4-6H,3H2,(H,11,12,13). The van der Waals surface area contributed by atoms with Gasteiger partial charge in [0, 0.05) is 5.38 Å². The first-order valence-corrected chi connectivity index (χ1v) is 6.55. The second kappa shape index (κ2) is 4.15. The van der Waals surface area contributed by atoms with Crippen LogP contribution in [0.4, 0.5) is 5.82 Å². The zero-order chi connectivity index (χ0) is 10.8. The van der Waals surface area contributed by atoms with Crippen molar-refractivity contribution in [3.63, 3.8) is 0 Å². The number of thiophene rings is 1. The minimum Gasteiger partial charge on any atom is -0.363 e. The van der Waals surface area contributed by atoms with Gasteiger partial charge < -0.3 is 5.32 Å².